The minimum atomic E-state index is -2.81. The maximum absolute atomic E-state index is 11.5. The molecule has 7 heteroatoms. The number of benzene rings is 1. The van der Waals surface area contributed by atoms with Crippen molar-refractivity contribution in [2.24, 2.45) is 5.92 Å². The number of hydrogen-bond acceptors (Lipinski definition) is 4. The second-order valence-electron chi connectivity index (χ2n) is 6.44. The summed E-state index contributed by atoms with van der Waals surface area (Å²) >= 11 is 5.94. The van der Waals surface area contributed by atoms with Crippen molar-refractivity contribution in [3.05, 3.63) is 46.2 Å². The van der Waals surface area contributed by atoms with E-state index in [-0.39, 0.29) is 5.92 Å². The SMILES string of the molecule is Cc1nn(-c2ccc(Cl)cc2)c(C)c1CNCC1CCS(=O)(=O)C1. The van der Waals surface area contributed by atoms with Gasteiger partial charge in [0.05, 0.1) is 22.9 Å². The Hall–Kier alpha value is -1.37. The summed E-state index contributed by atoms with van der Waals surface area (Å²) in [6.07, 6.45) is 0.761. The number of sulfone groups is 1. The molecule has 2 aromatic rings. The molecule has 1 unspecified atom stereocenters. The maximum atomic E-state index is 11.5. The lowest BCUT2D eigenvalue weighted by molar-refractivity contribution is 0.519. The van der Waals surface area contributed by atoms with Crippen molar-refractivity contribution < 1.29 is 8.42 Å². The van der Waals surface area contributed by atoms with Gasteiger partial charge in [-0.2, -0.15) is 5.10 Å². The maximum Gasteiger partial charge on any atom is 0.150 e. The van der Waals surface area contributed by atoms with E-state index >= 15 is 0 Å². The number of rotatable bonds is 5. The van der Waals surface area contributed by atoms with Crippen LogP contribution in [0.15, 0.2) is 24.3 Å². The molecule has 1 aromatic heterocycles. The Balaban J connectivity index is 1.67. The first-order valence-corrected chi connectivity index (χ1v) is 10.3. The summed E-state index contributed by atoms with van der Waals surface area (Å²) in [5.41, 5.74) is 4.20. The zero-order chi connectivity index (χ0) is 17.3. The first kappa shape index (κ1) is 17.5. The number of nitrogens with zero attached hydrogens (tertiary/aromatic N) is 2. The highest BCUT2D eigenvalue weighted by Crippen LogP contribution is 2.21. The van der Waals surface area contributed by atoms with Crippen molar-refractivity contribution in [3.63, 3.8) is 0 Å². The molecule has 1 atom stereocenters. The van der Waals surface area contributed by atoms with Gasteiger partial charge in [-0.3, -0.25) is 0 Å². The predicted octanol–water partition coefficient (Wildman–Crippen LogP) is 2.67. The summed E-state index contributed by atoms with van der Waals surface area (Å²) in [5.74, 6) is 0.857. The molecule has 1 aliphatic rings. The lowest BCUT2D eigenvalue weighted by Crippen LogP contribution is -2.23. The summed E-state index contributed by atoms with van der Waals surface area (Å²) in [7, 11) is -2.81. The van der Waals surface area contributed by atoms with E-state index in [9.17, 15) is 8.42 Å². The van der Waals surface area contributed by atoms with E-state index in [1.807, 2.05) is 42.8 Å². The molecule has 0 saturated carbocycles. The quantitative estimate of drug-likeness (QED) is 0.882. The topological polar surface area (TPSA) is 64.0 Å². The third kappa shape index (κ3) is 3.82. The zero-order valence-electron chi connectivity index (χ0n) is 13.9. The Morgan fingerprint density at radius 3 is 2.62 bits per heavy atom. The van der Waals surface area contributed by atoms with Crippen LogP contribution in [-0.4, -0.2) is 36.2 Å². The van der Waals surface area contributed by atoms with E-state index in [1.54, 1.807) is 0 Å². The molecule has 3 rings (SSSR count). The normalized spacial score (nSPS) is 19.7. The molecule has 0 bridgehead atoms. The summed E-state index contributed by atoms with van der Waals surface area (Å²) in [6.45, 7) is 5.47. The van der Waals surface area contributed by atoms with Crippen LogP contribution in [0.1, 0.15) is 23.4 Å². The van der Waals surface area contributed by atoms with Gasteiger partial charge in [0.2, 0.25) is 0 Å². The van der Waals surface area contributed by atoms with Crippen LogP contribution in [0.25, 0.3) is 5.69 Å². The summed E-state index contributed by atoms with van der Waals surface area (Å²) in [6, 6.07) is 7.60. The minimum Gasteiger partial charge on any atom is -0.312 e. The smallest absolute Gasteiger partial charge is 0.150 e. The van der Waals surface area contributed by atoms with Crippen molar-refractivity contribution in [3.8, 4) is 5.69 Å². The number of nitrogens with one attached hydrogen (secondary N) is 1. The highest BCUT2D eigenvalue weighted by atomic mass is 35.5. The zero-order valence-corrected chi connectivity index (χ0v) is 15.5. The molecule has 5 nitrogen and oxygen atoms in total. The van der Waals surface area contributed by atoms with Crippen molar-refractivity contribution in [2.45, 2.75) is 26.8 Å². The fourth-order valence-electron chi connectivity index (χ4n) is 3.20. The average Bonchev–Trinajstić information content (AvgIpc) is 3.01. The fourth-order valence-corrected chi connectivity index (χ4v) is 5.19. The molecule has 2 heterocycles. The van der Waals surface area contributed by atoms with Gasteiger partial charge in [-0.05, 0) is 57.0 Å². The number of hydrogen-bond donors (Lipinski definition) is 1. The lowest BCUT2D eigenvalue weighted by Gasteiger charge is -2.10. The predicted molar refractivity (Wildman–Crippen MR) is 96.5 cm³/mol. The minimum absolute atomic E-state index is 0.224. The molecule has 0 aliphatic carbocycles. The molecule has 1 aliphatic heterocycles. The molecule has 24 heavy (non-hydrogen) atoms. The largest absolute Gasteiger partial charge is 0.312 e. The van der Waals surface area contributed by atoms with E-state index in [1.165, 1.54) is 0 Å². The van der Waals surface area contributed by atoms with E-state index < -0.39 is 9.84 Å². The summed E-state index contributed by atoms with van der Waals surface area (Å²) < 4.78 is 25.0. The van der Waals surface area contributed by atoms with Crippen LogP contribution < -0.4 is 5.32 Å². The van der Waals surface area contributed by atoms with Crippen molar-refractivity contribution in [1.29, 1.82) is 0 Å². The molecule has 1 saturated heterocycles. The fraction of sp³-hybridized carbons (Fsp3) is 0.471. The Morgan fingerprint density at radius 2 is 2.00 bits per heavy atom. The summed E-state index contributed by atoms with van der Waals surface area (Å²) in [4.78, 5) is 0. The molecule has 0 radical (unpaired) electrons. The van der Waals surface area contributed by atoms with Crippen LogP contribution in [0.3, 0.4) is 0 Å². The highest BCUT2D eigenvalue weighted by Gasteiger charge is 2.27. The molecule has 1 aromatic carbocycles. The van der Waals surface area contributed by atoms with Crippen molar-refractivity contribution >= 4 is 21.4 Å². The third-order valence-corrected chi connectivity index (χ3v) is 6.66. The van der Waals surface area contributed by atoms with E-state index in [2.05, 4.69) is 10.4 Å². The first-order valence-electron chi connectivity index (χ1n) is 8.08. The van der Waals surface area contributed by atoms with Crippen LogP contribution in [0, 0.1) is 19.8 Å². The van der Waals surface area contributed by atoms with Crippen LogP contribution in [0.5, 0.6) is 0 Å². The van der Waals surface area contributed by atoms with E-state index in [0.717, 1.165) is 35.6 Å². The van der Waals surface area contributed by atoms with Crippen LogP contribution >= 0.6 is 11.6 Å². The molecular weight excluding hydrogens is 346 g/mol. The number of aromatic nitrogens is 2. The molecule has 1 fully saturated rings. The van der Waals surface area contributed by atoms with Gasteiger partial charge >= 0.3 is 0 Å². The van der Waals surface area contributed by atoms with Crippen LogP contribution in [0.4, 0.5) is 0 Å². The molecule has 0 spiro atoms. The van der Waals surface area contributed by atoms with Crippen LogP contribution in [0.2, 0.25) is 5.02 Å². The van der Waals surface area contributed by atoms with Gasteiger partial charge in [-0.1, -0.05) is 11.6 Å². The monoisotopic (exact) mass is 367 g/mol. The molecular formula is C17H22ClN3O2S. The molecule has 130 valence electrons. The van der Waals surface area contributed by atoms with Gasteiger partial charge in [-0.15, -0.1) is 0 Å². The Morgan fingerprint density at radius 1 is 1.29 bits per heavy atom. The van der Waals surface area contributed by atoms with Crippen molar-refractivity contribution in [2.75, 3.05) is 18.1 Å². The van der Waals surface area contributed by atoms with Crippen LogP contribution in [-0.2, 0) is 16.4 Å². The average molecular weight is 368 g/mol. The lowest BCUT2D eigenvalue weighted by atomic mass is 10.1. The first-order chi connectivity index (χ1) is 11.4. The Labute approximate surface area is 147 Å². The number of halogens is 1. The van der Waals surface area contributed by atoms with E-state index in [0.29, 0.717) is 23.1 Å². The summed E-state index contributed by atoms with van der Waals surface area (Å²) in [5, 5.41) is 8.72. The van der Waals surface area contributed by atoms with Crippen molar-refractivity contribution in [1.82, 2.24) is 15.1 Å². The van der Waals surface area contributed by atoms with Gasteiger partial charge in [-0.25, -0.2) is 13.1 Å². The molecule has 1 N–H and O–H groups in total. The van der Waals surface area contributed by atoms with Gasteiger partial charge in [0, 0.05) is 22.8 Å². The second kappa shape index (κ2) is 6.86. The second-order valence-corrected chi connectivity index (χ2v) is 9.10. The van der Waals surface area contributed by atoms with Gasteiger partial charge < -0.3 is 5.32 Å². The van der Waals surface area contributed by atoms with E-state index in [4.69, 9.17) is 11.6 Å². The van der Waals surface area contributed by atoms with Gasteiger partial charge in [0.1, 0.15) is 0 Å². The number of aryl methyl sites for hydroxylation is 1. The Bertz CT molecular complexity index is 828. The highest BCUT2D eigenvalue weighted by molar-refractivity contribution is 7.91. The van der Waals surface area contributed by atoms with Gasteiger partial charge in [0.15, 0.2) is 9.84 Å². The third-order valence-electron chi connectivity index (χ3n) is 4.57. The van der Waals surface area contributed by atoms with Gasteiger partial charge in [0.25, 0.3) is 0 Å². The molecule has 0 amide bonds. The standard InChI is InChI=1S/C17H22ClN3O2S/c1-12-17(10-19-9-14-7-8-24(22,23)11-14)13(2)21(20-12)16-5-3-15(18)4-6-16/h3-6,14,19H,7-11H2,1-2H3. The Kier molecular flexibility index (Phi) is 4.99.